The van der Waals surface area contributed by atoms with Gasteiger partial charge in [0.15, 0.2) is 0 Å². The highest BCUT2D eigenvalue weighted by Gasteiger charge is 2.26. The van der Waals surface area contributed by atoms with Crippen LogP contribution in [-0.2, 0) is 14.8 Å². The molecule has 2 aromatic heterocycles. The van der Waals surface area contributed by atoms with E-state index in [9.17, 15) is 18.0 Å². The summed E-state index contributed by atoms with van der Waals surface area (Å²) < 4.78 is 33.2. The maximum Gasteiger partial charge on any atom is 0.290 e. The number of sulfonamides is 1. The average Bonchev–Trinajstić information content (AvgIpc) is 3.22. The summed E-state index contributed by atoms with van der Waals surface area (Å²) in [7, 11) is -3.69. The first-order valence-corrected chi connectivity index (χ1v) is 11.8. The van der Waals surface area contributed by atoms with Crippen molar-refractivity contribution >= 4 is 61.6 Å². The second kappa shape index (κ2) is 8.12. The molecule has 2 amide bonds. The molecule has 0 saturated carbocycles. The van der Waals surface area contributed by atoms with Crippen LogP contribution in [0.15, 0.2) is 50.9 Å². The minimum atomic E-state index is -3.69. The lowest BCUT2D eigenvalue weighted by Gasteiger charge is -2.11. The van der Waals surface area contributed by atoms with Crippen LogP contribution in [-0.4, -0.2) is 30.6 Å². The van der Waals surface area contributed by atoms with Gasteiger partial charge in [0.05, 0.1) is 9.80 Å². The Balaban J connectivity index is 1.75. The van der Waals surface area contributed by atoms with Gasteiger partial charge >= 0.3 is 0 Å². The summed E-state index contributed by atoms with van der Waals surface area (Å²) in [6.07, 6.45) is 4.63. The number of thioether (sulfide) groups is 1. The summed E-state index contributed by atoms with van der Waals surface area (Å²) in [5, 5.41) is 2.62. The second-order valence-corrected chi connectivity index (χ2v) is 10.2. The van der Waals surface area contributed by atoms with Crippen molar-refractivity contribution in [3.05, 3.63) is 52.3 Å². The number of halogens is 1. The highest BCUT2D eigenvalue weighted by atomic mass is 35.5. The molecule has 160 valence electrons. The zero-order valence-corrected chi connectivity index (χ0v) is 18.7. The molecule has 2 N–H and O–H groups in total. The molecule has 0 bridgehead atoms. The number of benzene rings is 1. The van der Waals surface area contributed by atoms with Crippen LogP contribution in [0.4, 0.5) is 4.79 Å². The first-order chi connectivity index (χ1) is 14.6. The van der Waals surface area contributed by atoms with Crippen molar-refractivity contribution in [1.82, 2.24) is 15.0 Å². The van der Waals surface area contributed by atoms with Crippen molar-refractivity contribution in [2.75, 3.05) is 0 Å². The third-order valence-electron chi connectivity index (χ3n) is 4.29. The van der Waals surface area contributed by atoms with Crippen LogP contribution >= 0.6 is 23.4 Å². The van der Waals surface area contributed by atoms with E-state index in [1.807, 2.05) is 0 Å². The van der Waals surface area contributed by atoms with Gasteiger partial charge < -0.3 is 4.42 Å². The minimum Gasteiger partial charge on any atom is -0.456 e. The normalized spacial score (nSPS) is 15.9. The van der Waals surface area contributed by atoms with Crippen molar-refractivity contribution in [2.24, 2.45) is 0 Å². The fourth-order valence-electron chi connectivity index (χ4n) is 3.06. The molecular weight excluding hydrogens is 462 g/mol. The fourth-order valence-corrected chi connectivity index (χ4v) is 5.34. The largest absolute Gasteiger partial charge is 0.456 e. The molecule has 3 aromatic rings. The Hall–Kier alpha value is -2.66. The number of carbonyl (C=O) groups excluding carboxylic acids is 2. The zero-order valence-electron chi connectivity index (χ0n) is 16.3. The summed E-state index contributed by atoms with van der Waals surface area (Å²) in [5.41, 5.74) is 1.57. The molecule has 0 unspecified atom stereocenters. The number of furan rings is 1. The van der Waals surface area contributed by atoms with Gasteiger partial charge in [-0.25, -0.2) is 13.1 Å². The molecular formula is C20H16ClN3O5S2. The predicted octanol–water partition coefficient (Wildman–Crippen LogP) is 4.16. The molecule has 1 aromatic carbocycles. The van der Waals surface area contributed by atoms with Gasteiger partial charge in [-0.05, 0) is 43.8 Å². The third-order valence-corrected chi connectivity index (χ3v) is 7.07. The SMILES string of the molecule is CC(C)NS(=O)(=O)c1ccc(-c2cncc3cc(/C=C4\SC(=O)NC4=O)oc23)c(Cl)c1. The summed E-state index contributed by atoms with van der Waals surface area (Å²) in [4.78, 5) is 27.6. The molecule has 0 aliphatic carbocycles. The number of imide groups is 1. The Kier molecular flexibility index (Phi) is 5.65. The van der Waals surface area contributed by atoms with Gasteiger partial charge in [-0.2, -0.15) is 0 Å². The quantitative estimate of drug-likeness (QED) is 0.529. The molecule has 1 aliphatic heterocycles. The van der Waals surface area contributed by atoms with Crippen molar-refractivity contribution in [3.8, 4) is 11.1 Å². The average molecular weight is 478 g/mol. The highest BCUT2D eigenvalue weighted by molar-refractivity contribution is 8.18. The summed E-state index contributed by atoms with van der Waals surface area (Å²) in [6.45, 7) is 3.46. The molecule has 4 rings (SSSR count). The lowest BCUT2D eigenvalue weighted by atomic mass is 10.1. The van der Waals surface area contributed by atoms with Gasteiger partial charge in [0.25, 0.3) is 11.1 Å². The van der Waals surface area contributed by atoms with E-state index >= 15 is 0 Å². The molecule has 31 heavy (non-hydrogen) atoms. The molecule has 11 heteroatoms. The molecule has 1 aliphatic rings. The van der Waals surface area contributed by atoms with Crippen LogP contribution in [0, 0.1) is 0 Å². The van der Waals surface area contributed by atoms with Crippen molar-refractivity contribution in [1.29, 1.82) is 0 Å². The Labute approximate surface area is 187 Å². The van der Waals surface area contributed by atoms with Crippen LogP contribution in [0.5, 0.6) is 0 Å². The predicted molar refractivity (Wildman–Crippen MR) is 119 cm³/mol. The van der Waals surface area contributed by atoms with E-state index in [0.29, 0.717) is 27.9 Å². The Morgan fingerprint density at radius 3 is 2.61 bits per heavy atom. The molecule has 1 saturated heterocycles. The maximum absolute atomic E-state index is 12.4. The number of nitrogens with one attached hydrogen (secondary N) is 2. The summed E-state index contributed by atoms with van der Waals surface area (Å²) in [6, 6.07) is 5.86. The van der Waals surface area contributed by atoms with E-state index in [0.717, 1.165) is 11.8 Å². The van der Waals surface area contributed by atoms with E-state index in [1.165, 1.54) is 18.2 Å². The first-order valence-electron chi connectivity index (χ1n) is 9.09. The lowest BCUT2D eigenvalue weighted by molar-refractivity contribution is -0.115. The van der Waals surface area contributed by atoms with Crippen molar-refractivity contribution < 1.29 is 22.4 Å². The summed E-state index contributed by atoms with van der Waals surface area (Å²) >= 11 is 7.21. The number of hydrogen-bond acceptors (Lipinski definition) is 7. The topological polar surface area (TPSA) is 118 Å². The fraction of sp³-hybridized carbons (Fsp3) is 0.150. The van der Waals surface area contributed by atoms with Crippen molar-refractivity contribution in [2.45, 2.75) is 24.8 Å². The molecule has 3 heterocycles. The van der Waals surface area contributed by atoms with Gasteiger partial charge in [0.1, 0.15) is 11.3 Å². The van der Waals surface area contributed by atoms with E-state index < -0.39 is 21.2 Å². The van der Waals surface area contributed by atoms with E-state index in [4.69, 9.17) is 16.0 Å². The first kappa shape index (κ1) is 21.6. The standard InChI is InChI=1S/C20H16ClN3O5S2/c1-10(2)24-31(27,28)13-3-4-14(16(21)7-13)15-9-22-8-11-5-12(29-18(11)15)6-17-19(25)23-20(26)30-17/h3-10,24H,1-2H3,(H,23,25,26)/b17-6-. The monoisotopic (exact) mass is 477 g/mol. The van der Waals surface area contributed by atoms with Crippen molar-refractivity contribution in [3.63, 3.8) is 0 Å². The van der Waals surface area contributed by atoms with Crippen LogP contribution in [0.25, 0.3) is 28.2 Å². The molecule has 0 radical (unpaired) electrons. The third kappa shape index (κ3) is 4.38. The molecule has 0 spiro atoms. The highest BCUT2D eigenvalue weighted by Crippen LogP contribution is 2.36. The smallest absolute Gasteiger partial charge is 0.290 e. The lowest BCUT2D eigenvalue weighted by Crippen LogP contribution is -2.30. The zero-order chi connectivity index (χ0) is 22.3. The summed E-state index contributed by atoms with van der Waals surface area (Å²) in [5.74, 6) is -0.114. The van der Waals surface area contributed by atoms with Gasteiger partial charge in [0, 0.05) is 46.0 Å². The number of pyridine rings is 1. The number of aromatic nitrogens is 1. The van der Waals surface area contributed by atoms with Crippen LogP contribution < -0.4 is 10.0 Å². The number of fused-ring (bicyclic) bond motifs is 1. The van der Waals surface area contributed by atoms with Gasteiger partial charge in [-0.1, -0.05) is 17.7 Å². The van der Waals surface area contributed by atoms with Crippen LogP contribution in [0.3, 0.4) is 0 Å². The Morgan fingerprint density at radius 2 is 1.97 bits per heavy atom. The van der Waals surface area contributed by atoms with Crippen LogP contribution in [0.1, 0.15) is 19.6 Å². The van der Waals surface area contributed by atoms with Gasteiger partial charge in [-0.3, -0.25) is 19.9 Å². The number of nitrogens with zero attached hydrogens (tertiary/aromatic N) is 1. The van der Waals surface area contributed by atoms with E-state index in [2.05, 4.69) is 15.0 Å². The molecule has 8 nitrogen and oxygen atoms in total. The van der Waals surface area contributed by atoms with Gasteiger partial charge in [0.2, 0.25) is 10.0 Å². The number of carbonyl (C=O) groups is 2. The second-order valence-electron chi connectivity index (χ2n) is 7.02. The number of hydrogen-bond donors (Lipinski definition) is 2. The van der Waals surface area contributed by atoms with E-state index in [1.54, 1.807) is 38.4 Å². The Bertz CT molecular complexity index is 1360. The van der Waals surface area contributed by atoms with E-state index in [-0.39, 0.29) is 20.9 Å². The Morgan fingerprint density at radius 1 is 1.19 bits per heavy atom. The molecule has 1 fully saturated rings. The maximum atomic E-state index is 12.4. The number of amides is 2. The number of rotatable bonds is 5. The molecule has 0 atom stereocenters. The minimum absolute atomic E-state index is 0.0499. The van der Waals surface area contributed by atoms with Gasteiger partial charge in [-0.15, -0.1) is 0 Å². The van der Waals surface area contributed by atoms with Crippen LogP contribution in [0.2, 0.25) is 5.02 Å².